The van der Waals surface area contributed by atoms with E-state index in [-0.39, 0.29) is 11.6 Å². The van der Waals surface area contributed by atoms with Crippen LogP contribution in [0, 0.1) is 17.0 Å². The lowest BCUT2D eigenvalue weighted by molar-refractivity contribution is -0.384. The number of fused-ring (bicyclic) bond motifs is 1. The van der Waals surface area contributed by atoms with E-state index in [1.807, 2.05) is 38.1 Å². The van der Waals surface area contributed by atoms with E-state index < -0.39 is 11.0 Å². The van der Waals surface area contributed by atoms with Gasteiger partial charge in [0.2, 0.25) is 0 Å². The zero-order chi connectivity index (χ0) is 17.3. The molecule has 3 rings (SSSR count). The lowest BCUT2D eigenvalue weighted by Crippen LogP contribution is -2.45. The standard InChI is InChI=1S/C18H18N2O4/c1-3-16-18(21)19(11-13-6-4-12(2)5-7-13)15-10-14(20(22)23)8-9-17(15)24-16/h4-10,16H,3,11H2,1-2H3. The van der Waals surface area contributed by atoms with Crippen molar-refractivity contribution in [3.8, 4) is 5.75 Å². The summed E-state index contributed by atoms with van der Waals surface area (Å²) in [6.07, 6.45) is -0.0240. The highest BCUT2D eigenvalue weighted by Crippen LogP contribution is 2.38. The average Bonchev–Trinajstić information content (AvgIpc) is 2.58. The maximum Gasteiger partial charge on any atom is 0.271 e. The molecule has 0 aliphatic carbocycles. The van der Waals surface area contributed by atoms with E-state index in [0.717, 1.165) is 11.1 Å². The second-order valence-electron chi connectivity index (χ2n) is 5.83. The Kier molecular flexibility index (Phi) is 4.20. The first-order valence-corrected chi connectivity index (χ1v) is 7.81. The van der Waals surface area contributed by atoms with Crippen LogP contribution in [0.4, 0.5) is 11.4 Å². The zero-order valence-corrected chi connectivity index (χ0v) is 13.6. The maximum atomic E-state index is 12.7. The molecule has 1 atom stereocenters. The smallest absolute Gasteiger partial charge is 0.271 e. The highest BCUT2D eigenvalue weighted by molar-refractivity contribution is 6.00. The van der Waals surface area contributed by atoms with E-state index in [2.05, 4.69) is 0 Å². The summed E-state index contributed by atoms with van der Waals surface area (Å²) < 4.78 is 5.70. The van der Waals surface area contributed by atoms with Crippen LogP contribution in [0.5, 0.6) is 5.75 Å². The van der Waals surface area contributed by atoms with Crippen molar-refractivity contribution >= 4 is 17.3 Å². The first-order chi connectivity index (χ1) is 11.5. The minimum atomic E-state index is -0.565. The summed E-state index contributed by atoms with van der Waals surface area (Å²) in [5, 5.41) is 11.1. The summed E-state index contributed by atoms with van der Waals surface area (Å²) in [5.41, 5.74) is 2.48. The van der Waals surface area contributed by atoms with Gasteiger partial charge in [0, 0.05) is 12.1 Å². The number of rotatable bonds is 4. The summed E-state index contributed by atoms with van der Waals surface area (Å²) >= 11 is 0. The van der Waals surface area contributed by atoms with Gasteiger partial charge in [0.1, 0.15) is 5.75 Å². The molecule has 6 nitrogen and oxygen atoms in total. The number of carbonyl (C=O) groups is 1. The van der Waals surface area contributed by atoms with E-state index >= 15 is 0 Å². The Labute approximate surface area is 139 Å². The predicted octanol–water partition coefficient (Wildman–Crippen LogP) is 3.61. The number of hydrogen-bond acceptors (Lipinski definition) is 4. The molecule has 0 aromatic heterocycles. The van der Waals surface area contributed by atoms with Gasteiger partial charge in [-0.1, -0.05) is 36.8 Å². The molecule has 1 aliphatic heterocycles. The van der Waals surface area contributed by atoms with Crippen LogP contribution in [0.2, 0.25) is 0 Å². The van der Waals surface area contributed by atoms with Gasteiger partial charge in [-0.15, -0.1) is 0 Å². The highest BCUT2D eigenvalue weighted by atomic mass is 16.6. The molecule has 24 heavy (non-hydrogen) atoms. The fraction of sp³-hybridized carbons (Fsp3) is 0.278. The number of non-ortho nitro benzene ring substituents is 1. The van der Waals surface area contributed by atoms with Crippen molar-refractivity contribution in [2.75, 3.05) is 4.90 Å². The number of ether oxygens (including phenoxy) is 1. The van der Waals surface area contributed by atoms with E-state index in [4.69, 9.17) is 4.74 Å². The summed E-state index contributed by atoms with van der Waals surface area (Å²) in [6, 6.07) is 12.2. The Bertz CT molecular complexity index is 786. The minimum Gasteiger partial charge on any atom is -0.478 e. The number of anilines is 1. The molecule has 1 heterocycles. The number of aryl methyl sites for hydroxylation is 1. The summed E-state index contributed by atoms with van der Waals surface area (Å²) in [7, 11) is 0. The Morgan fingerprint density at radius 1 is 1.21 bits per heavy atom. The number of nitrogens with zero attached hydrogens (tertiary/aromatic N) is 2. The Morgan fingerprint density at radius 3 is 2.54 bits per heavy atom. The van der Waals surface area contributed by atoms with E-state index in [0.29, 0.717) is 24.4 Å². The van der Waals surface area contributed by atoms with Crippen molar-refractivity contribution in [3.05, 3.63) is 63.7 Å². The molecule has 1 unspecified atom stereocenters. The van der Waals surface area contributed by atoms with Crippen LogP contribution in [0.15, 0.2) is 42.5 Å². The second-order valence-corrected chi connectivity index (χ2v) is 5.83. The number of hydrogen-bond donors (Lipinski definition) is 0. The monoisotopic (exact) mass is 326 g/mol. The summed E-state index contributed by atoms with van der Waals surface area (Å²) in [5.74, 6) is 0.324. The topological polar surface area (TPSA) is 72.7 Å². The van der Waals surface area contributed by atoms with E-state index in [1.165, 1.54) is 12.1 Å². The van der Waals surface area contributed by atoms with Gasteiger partial charge in [-0.2, -0.15) is 0 Å². The van der Waals surface area contributed by atoms with Crippen LogP contribution in [0.3, 0.4) is 0 Å². The number of benzene rings is 2. The third-order valence-electron chi connectivity index (χ3n) is 4.09. The van der Waals surface area contributed by atoms with Gasteiger partial charge in [-0.25, -0.2) is 0 Å². The third-order valence-corrected chi connectivity index (χ3v) is 4.09. The van der Waals surface area contributed by atoms with Crippen LogP contribution >= 0.6 is 0 Å². The molecule has 0 radical (unpaired) electrons. The van der Waals surface area contributed by atoms with Gasteiger partial charge in [-0.3, -0.25) is 14.9 Å². The number of carbonyl (C=O) groups excluding carboxylic acids is 1. The van der Waals surface area contributed by atoms with Crippen LogP contribution in [0.1, 0.15) is 24.5 Å². The SMILES string of the molecule is CCC1Oc2ccc([N+](=O)[O-])cc2N(Cc2ccc(C)cc2)C1=O. The third kappa shape index (κ3) is 2.95. The fourth-order valence-electron chi connectivity index (χ4n) is 2.72. The lowest BCUT2D eigenvalue weighted by Gasteiger charge is -2.34. The number of nitro benzene ring substituents is 1. The van der Waals surface area contributed by atoms with E-state index in [9.17, 15) is 14.9 Å². The van der Waals surface area contributed by atoms with Gasteiger partial charge in [0.05, 0.1) is 17.2 Å². The quantitative estimate of drug-likeness (QED) is 0.635. The molecule has 2 aromatic carbocycles. The van der Waals surface area contributed by atoms with Crippen LogP contribution in [0.25, 0.3) is 0 Å². The van der Waals surface area contributed by atoms with Crippen molar-refractivity contribution in [3.63, 3.8) is 0 Å². The van der Waals surface area contributed by atoms with Gasteiger partial charge >= 0.3 is 0 Å². The summed E-state index contributed by atoms with van der Waals surface area (Å²) in [6.45, 7) is 4.23. The first kappa shape index (κ1) is 16.0. The highest BCUT2D eigenvalue weighted by Gasteiger charge is 2.34. The molecule has 0 saturated carbocycles. The molecule has 0 N–H and O–H groups in total. The molecule has 0 bridgehead atoms. The molecule has 6 heteroatoms. The molecule has 1 amide bonds. The van der Waals surface area contributed by atoms with Crippen molar-refractivity contribution < 1.29 is 14.5 Å². The fourth-order valence-corrected chi connectivity index (χ4v) is 2.72. The van der Waals surface area contributed by atoms with Gasteiger partial charge < -0.3 is 9.64 Å². The molecule has 0 saturated heterocycles. The van der Waals surface area contributed by atoms with Gasteiger partial charge in [0.25, 0.3) is 11.6 Å². The Hall–Kier alpha value is -2.89. The molecule has 0 fully saturated rings. The molecule has 2 aromatic rings. The first-order valence-electron chi connectivity index (χ1n) is 7.81. The predicted molar refractivity (Wildman–Crippen MR) is 90.2 cm³/mol. The maximum absolute atomic E-state index is 12.7. The molecule has 124 valence electrons. The van der Waals surface area contributed by atoms with E-state index in [1.54, 1.807) is 11.0 Å². The summed E-state index contributed by atoms with van der Waals surface area (Å²) in [4.78, 5) is 24.9. The molecule has 0 spiro atoms. The lowest BCUT2D eigenvalue weighted by atomic mass is 10.1. The average molecular weight is 326 g/mol. The van der Waals surface area contributed by atoms with Crippen molar-refractivity contribution in [1.29, 1.82) is 0 Å². The normalized spacial score (nSPS) is 16.5. The Morgan fingerprint density at radius 2 is 1.92 bits per heavy atom. The van der Waals surface area contributed by atoms with Gasteiger partial charge in [0.15, 0.2) is 6.10 Å². The molecule has 1 aliphatic rings. The number of nitro groups is 1. The van der Waals surface area contributed by atoms with Gasteiger partial charge in [-0.05, 0) is 25.0 Å². The molecular formula is C18H18N2O4. The van der Waals surface area contributed by atoms with Crippen molar-refractivity contribution in [1.82, 2.24) is 0 Å². The zero-order valence-electron chi connectivity index (χ0n) is 13.6. The van der Waals surface area contributed by atoms with Crippen LogP contribution < -0.4 is 9.64 Å². The minimum absolute atomic E-state index is 0.0611. The second kappa shape index (κ2) is 6.31. The van der Waals surface area contributed by atoms with Crippen LogP contribution in [-0.4, -0.2) is 16.9 Å². The van der Waals surface area contributed by atoms with Crippen molar-refractivity contribution in [2.24, 2.45) is 0 Å². The van der Waals surface area contributed by atoms with Crippen LogP contribution in [-0.2, 0) is 11.3 Å². The molecular weight excluding hydrogens is 308 g/mol. The van der Waals surface area contributed by atoms with Crippen molar-refractivity contribution in [2.45, 2.75) is 32.9 Å². The Balaban J connectivity index is 2.02. The number of amides is 1. The largest absolute Gasteiger partial charge is 0.478 e.